The minimum Gasteiger partial charge on any atom is -0.328 e. The molecule has 0 saturated carbocycles. The third kappa shape index (κ3) is 5.20. The minimum absolute atomic E-state index is 0.131. The van der Waals surface area contributed by atoms with Crippen LogP contribution in [-0.2, 0) is 10.8 Å². The number of halogens is 3. The lowest BCUT2D eigenvalue weighted by atomic mass is 10.3. The summed E-state index contributed by atoms with van der Waals surface area (Å²) in [6.07, 6.45) is 0.131. The molecule has 0 aliphatic carbocycles. The molecule has 0 saturated heterocycles. The predicted molar refractivity (Wildman–Crippen MR) is 37.3 cm³/mol. The van der Waals surface area contributed by atoms with E-state index in [4.69, 9.17) is 5.73 Å². The van der Waals surface area contributed by atoms with Crippen molar-refractivity contribution in [2.24, 2.45) is 5.73 Å². The highest BCUT2D eigenvalue weighted by Gasteiger charge is 2.36. The molecule has 0 heterocycles. The third-order valence-corrected chi connectivity index (χ3v) is 2.14. The van der Waals surface area contributed by atoms with Gasteiger partial charge in [-0.2, -0.15) is 13.2 Å². The molecule has 0 spiro atoms. The van der Waals surface area contributed by atoms with Gasteiger partial charge in [0.2, 0.25) is 0 Å². The van der Waals surface area contributed by atoms with Crippen molar-refractivity contribution in [1.29, 1.82) is 0 Å². The highest BCUT2D eigenvalue weighted by molar-refractivity contribution is 7.85. The molecule has 0 fully saturated rings. The molecule has 11 heavy (non-hydrogen) atoms. The van der Waals surface area contributed by atoms with Crippen molar-refractivity contribution in [2.45, 2.75) is 24.9 Å². The summed E-state index contributed by atoms with van der Waals surface area (Å²) in [6, 6.07) is -0.332. The summed E-state index contributed by atoms with van der Waals surface area (Å²) in [7, 11) is -2.74. The van der Waals surface area contributed by atoms with Crippen molar-refractivity contribution in [2.75, 3.05) is 5.75 Å². The highest BCUT2D eigenvalue weighted by Crippen LogP contribution is 2.20. The van der Waals surface area contributed by atoms with Gasteiger partial charge in [-0.15, -0.1) is 0 Å². The van der Waals surface area contributed by atoms with E-state index in [9.17, 15) is 17.4 Å². The summed E-state index contributed by atoms with van der Waals surface area (Å²) >= 11 is 0. The SMILES string of the molecule is CC(N)CCS(=O)C(F)(F)F. The number of hydrogen-bond acceptors (Lipinski definition) is 2. The van der Waals surface area contributed by atoms with Crippen molar-refractivity contribution in [1.82, 2.24) is 0 Å². The largest absolute Gasteiger partial charge is 0.471 e. The molecule has 0 aliphatic heterocycles. The number of nitrogens with two attached hydrogens (primary N) is 1. The summed E-state index contributed by atoms with van der Waals surface area (Å²) in [6.45, 7) is 1.58. The summed E-state index contributed by atoms with van der Waals surface area (Å²) in [4.78, 5) is 0. The molecule has 0 amide bonds. The molecule has 0 aromatic heterocycles. The maximum Gasteiger partial charge on any atom is 0.471 e. The van der Waals surface area contributed by atoms with Gasteiger partial charge in [0.1, 0.15) is 10.8 Å². The Morgan fingerprint density at radius 3 is 2.27 bits per heavy atom. The van der Waals surface area contributed by atoms with E-state index in [-0.39, 0.29) is 12.5 Å². The Morgan fingerprint density at radius 1 is 1.55 bits per heavy atom. The van der Waals surface area contributed by atoms with Crippen LogP contribution in [0.25, 0.3) is 0 Å². The Bertz CT molecular complexity index is 145. The minimum atomic E-state index is -4.59. The van der Waals surface area contributed by atoms with E-state index in [2.05, 4.69) is 0 Å². The zero-order valence-corrected chi connectivity index (χ0v) is 6.84. The van der Waals surface area contributed by atoms with Gasteiger partial charge in [0.25, 0.3) is 0 Å². The summed E-state index contributed by atoms with van der Waals surface area (Å²) in [5.41, 5.74) is 0.594. The molecule has 2 N–H and O–H groups in total. The zero-order chi connectivity index (χ0) is 9.07. The van der Waals surface area contributed by atoms with Gasteiger partial charge in [-0.1, -0.05) is 0 Å². The average Bonchev–Trinajstić information content (AvgIpc) is 1.80. The molecule has 2 atom stereocenters. The predicted octanol–water partition coefficient (Wildman–Crippen LogP) is 0.992. The fourth-order valence-corrected chi connectivity index (χ4v) is 1.23. The van der Waals surface area contributed by atoms with E-state index < -0.39 is 22.1 Å². The molecular formula is C5H10F3NOS. The highest BCUT2D eigenvalue weighted by atomic mass is 32.2. The molecule has 0 rings (SSSR count). The van der Waals surface area contributed by atoms with Crippen LogP contribution in [0.15, 0.2) is 0 Å². The van der Waals surface area contributed by atoms with E-state index in [1.807, 2.05) is 0 Å². The molecule has 0 radical (unpaired) electrons. The Hall–Kier alpha value is -0.100. The second kappa shape index (κ2) is 4.06. The standard InChI is InChI=1S/C5H10F3NOS/c1-4(9)2-3-11(10)5(6,7)8/h4H,2-3,9H2,1H3. The Labute approximate surface area is 65.4 Å². The molecule has 68 valence electrons. The number of alkyl halides is 3. The Morgan fingerprint density at radius 2 is 2.00 bits per heavy atom. The maximum absolute atomic E-state index is 11.6. The molecule has 0 aromatic rings. The molecule has 6 heteroatoms. The van der Waals surface area contributed by atoms with Crippen LogP contribution in [0.5, 0.6) is 0 Å². The quantitative estimate of drug-likeness (QED) is 0.719. The smallest absolute Gasteiger partial charge is 0.328 e. The van der Waals surface area contributed by atoms with Crippen LogP contribution < -0.4 is 5.73 Å². The lowest BCUT2D eigenvalue weighted by Gasteiger charge is -2.06. The zero-order valence-electron chi connectivity index (χ0n) is 6.02. The monoisotopic (exact) mass is 189 g/mol. The van der Waals surface area contributed by atoms with Crippen molar-refractivity contribution < 1.29 is 17.4 Å². The van der Waals surface area contributed by atoms with Crippen LogP contribution in [0.3, 0.4) is 0 Å². The molecule has 0 aliphatic rings. The first-order valence-electron chi connectivity index (χ1n) is 3.05. The van der Waals surface area contributed by atoms with Crippen molar-refractivity contribution in [3.63, 3.8) is 0 Å². The third-order valence-electron chi connectivity index (χ3n) is 1.02. The van der Waals surface area contributed by atoms with Crippen molar-refractivity contribution >= 4 is 10.8 Å². The second-order valence-electron chi connectivity index (χ2n) is 2.26. The molecule has 0 bridgehead atoms. The van der Waals surface area contributed by atoms with Crippen LogP contribution >= 0.6 is 0 Å². The fourth-order valence-electron chi connectivity index (χ4n) is 0.409. The average molecular weight is 189 g/mol. The topological polar surface area (TPSA) is 43.1 Å². The Balaban J connectivity index is 3.71. The lowest BCUT2D eigenvalue weighted by molar-refractivity contribution is -0.0384. The summed E-state index contributed by atoms with van der Waals surface area (Å²) in [5, 5.41) is 0. The molecule has 2 unspecified atom stereocenters. The van der Waals surface area contributed by atoms with Crippen molar-refractivity contribution in [3.8, 4) is 0 Å². The van der Waals surface area contributed by atoms with Gasteiger partial charge in [0, 0.05) is 11.8 Å². The Kier molecular flexibility index (Phi) is 4.02. The van der Waals surface area contributed by atoms with Crippen molar-refractivity contribution in [3.05, 3.63) is 0 Å². The number of hydrogen-bond donors (Lipinski definition) is 1. The van der Waals surface area contributed by atoms with Gasteiger partial charge >= 0.3 is 5.51 Å². The first-order chi connectivity index (χ1) is 4.84. The van der Waals surface area contributed by atoms with E-state index in [1.165, 1.54) is 0 Å². The van der Waals surface area contributed by atoms with Gasteiger partial charge in [0.05, 0.1) is 0 Å². The summed E-state index contributed by atoms with van der Waals surface area (Å²) in [5.74, 6) is -0.402. The maximum atomic E-state index is 11.6. The first-order valence-corrected chi connectivity index (χ1v) is 4.36. The second-order valence-corrected chi connectivity index (χ2v) is 3.82. The van der Waals surface area contributed by atoms with Gasteiger partial charge < -0.3 is 5.73 Å². The van der Waals surface area contributed by atoms with E-state index >= 15 is 0 Å². The molecule has 2 nitrogen and oxygen atoms in total. The van der Waals surface area contributed by atoms with Crippen LogP contribution in [0.4, 0.5) is 13.2 Å². The van der Waals surface area contributed by atoms with Gasteiger partial charge in [-0.3, -0.25) is 4.21 Å². The fraction of sp³-hybridized carbons (Fsp3) is 1.00. The molecule has 0 aromatic carbocycles. The first kappa shape index (κ1) is 10.9. The summed E-state index contributed by atoms with van der Waals surface area (Å²) < 4.78 is 45.0. The van der Waals surface area contributed by atoms with Gasteiger partial charge in [-0.05, 0) is 13.3 Å². The molecular weight excluding hydrogens is 179 g/mol. The van der Waals surface area contributed by atoms with Crippen LogP contribution in [0, 0.1) is 0 Å². The van der Waals surface area contributed by atoms with E-state index in [0.717, 1.165) is 0 Å². The van der Waals surface area contributed by atoms with E-state index in [0.29, 0.717) is 0 Å². The van der Waals surface area contributed by atoms with E-state index in [1.54, 1.807) is 6.92 Å². The number of rotatable bonds is 3. The normalized spacial score (nSPS) is 17.9. The van der Waals surface area contributed by atoms with Crippen LogP contribution in [0.1, 0.15) is 13.3 Å². The lowest BCUT2D eigenvalue weighted by Crippen LogP contribution is -2.24. The van der Waals surface area contributed by atoms with Crippen LogP contribution in [-0.4, -0.2) is 21.5 Å². The van der Waals surface area contributed by atoms with Gasteiger partial charge in [0.15, 0.2) is 0 Å². The van der Waals surface area contributed by atoms with Gasteiger partial charge in [-0.25, -0.2) is 0 Å². The van der Waals surface area contributed by atoms with Crippen LogP contribution in [0.2, 0.25) is 0 Å².